The molecule has 1 fully saturated rings. The van der Waals surface area contributed by atoms with Gasteiger partial charge < -0.3 is 20.4 Å². The first-order valence-electron chi connectivity index (χ1n) is 9.08. The maximum Gasteiger partial charge on any atom is 0.194 e. The van der Waals surface area contributed by atoms with Gasteiger partial charge in [0.15, 0.2) is 5.96 Å². The molecule has 1 aromatic carbocycles. The summed E-state index contributed by atoms with van der Waals surface area (Å²) in [5.74, 6) is 1.04. The SMILES string of the molecule is CCNC(=NCCNC(C)(C)C)N1CCN(c2ccccc2)CC1.I. The van der Waals surface area contributed by atoms with Crippen LogP contribution < -0.4 is 15.5 Å². The normalized spacial score (nSPS) is 15.8. The summed E-state index contributed by atoms with van der Waals surface area (Å²) in [6, 6.07) is 10.7. The van der Waals surface area contributed by atoms with Crippen molar-refractivity contribution in [1.29, 1.82) is 0 Å². The van der Waals surface area contributed by atoms with Gasteiger partial charge in [0.2, 0.25) is 0 Å². The van der Waals surface area contributed by atoms with Crippen molar-refractivity contribution in [3.63, 3.8) is 0 Å². The Kier molecular flexibility index (Phi) is 9.56. The van der Waals surface area contributed by atoms with Crippen molar-refractivity contribution in [3.8, 4) is 0 Å². The molecular formula is C19H34IN5. The Hall–Kier alpha value is -1.02. The molecule has 0 amide bonds. The number of anilines is 1. The average Bonchev–Trinajstić information content (AvgIpc) is 2.58. The quantitative estimate of drug-likeness (QED) is 0.308. The fraction of sp³-hybridized carbons (Fsp3) is 0.632. The number of rotatable bonds is 5. The number of para-hydroxylation sites is 1. The molecule has 0 unspecified atom stereocenters. The highest BCUT2D eigenvalue weighted by Gasteiger charge is 2.19. The molecule has 0 radical (unpaired) electrons. The third-order valence-electron chi connectivity index (χ3n) is 4.06. The van der Waals surface area contributed by atoms with Gasteiger partial charge in [-0.25, -0.2) is 0 Å². The standard InChI is InChI=1S/C19H33N5.HI/c1-5-20-18(21-11-12-22-19(2,3)4)24-15-13-23(14-16-24)17-9-7-6-8-10-17;/h6-10,22H,5,11-16H2,1-4H3,(H,20,21);1H. The fourth-order valence-corrected chi connectivity index (χ4v) is 2.83. The molecule has 0 saturated carbocycles. The van der Waals surface area contributed by atoms with Crippen LogP contribution in [0, 0.1) is 0 Å². The number of nitrogens with zero attached hydrogens (tertiary/aromatic N) is 3. The summed E-state index contributed by atoms with van der Waals surface area (Å²) in [6.45, 7) is 15.4. The first kappa shape index (κ1) is 22.0. The van der Waals surface area contributed by atoms with Crippen LogP contribution in [0.2, 0.25) is 0 Å². The lowest BCUT2D eigenvalue weighted by Crippen LogP contribution is -2.52. The van der Waals surface area contributed by atoms with Crippen LogP contribution in [0.4, 0.5) is 5.69 Å². The number of hydrogen-bond acceptors (Lipinski definition) is 3. The topological polar surface area (TPSA) is 42.9 Å². The first-order valence-corrected chi connectivity index (χ1v) is 9.08. The summed E-state index contributed by atoms with van der Waals surface area (Å²) in [6.07, 6.45) is 0. The van der Waals surface area contributed by atoms with Crippen LogP contribution in [0.5, 0.6) is 0 Å². The number of nitrogens with one attached hydrogen (secondary N) is 2. The second-order valence-corrected chi connectivity index (χ2v) is 7.22. The second kappa shape index (κ2) is 10.9. The fourth-order valence-electron chi connectivity index (χ4n) is 2.83. The van der Waals surface area contributed by atoms with Crippen LogP contribution in [0.3, 0.4) is 0 Å². The molecule has 1 aromatic rings. The van der Waals surface area contributed by atoms with E-state index < -0.39 is 0 Å². The van der Waals surface area contributed by atoms with Gasteiger partial charge in [0, 0.05) is 50.5 Å². The summed E-state index contributed by atoms with van der Waals surface area (Å²) in [4.78, 5) is 9.61. The lowest BCUT2D eigenvalue weighted by atomic mass is 10.1. The Morgan fingerprint density at radius 2 is 1.72 bits per heavy atom. The molecule has 1 aliphatic rings. The third kappa shape index (κ3) is 7.81. The predicted octanol–water partition coefficient (Wildman–Crippen LogP) is 2.78. The molecule has 0 atom stereocenters. The zero-order valence-corrected chi connectivity index (χ0v) is 18.4. The molecule has 0 spiro atoms. The Balaban J connectivity index is 0.00000312. The summed E-state index contributed by atoms with van der Waals surface area (Å²) in [5.41, 5.74) is 1.46. The summed E-state index contributed by atoms with van der Waals surface area (Å²) in [7, 11) is 0. The molecule has 5 nitrogen and oxygen atoms in total. The molecule has 0 aliphatic carbocycles. The Bertz CT molecular complexity index is 504. The van der Waals surface area contributed by atoms with E-state index in [0.29, 0.717) is 0 Å². The van der Waals surface area contributed by atoms with E-state index in [1.54, 1.807) is 0 Å². The first-order chi connectivity index (χ1) is 11.5. The van der Waals surface area contributed by atoms with Crippen molar-refractivity contribution < 1.29 is 0 Å². The highest BCUT2D eigenvalue weighted by molar-refractivity contribution is 14.0. The number of guanidine groups is 1. The third-order valence-corrected chi connectivity index (χ3v) is 4.06. The lowest BCUT2D eigenvalue weighted by Gasteiger charge is -2.37. The Morgan fingerprint density at radius 3 is 2.28 bits per heavy atom. The van der Waals surface area contributed by atoms with Crippen molar-refractivity contribution in [2.45, 2.75) is 33.2 Å². The maximum absolute atomic E-state index is 4.79. The lowest BCUT2D eigenvalue weighted by molar-refractivity contribution is 0.371. The predicted molar refractivity (Wildman–Crippen MR) is 119 cm³/mol. The maximum atomic E-state index is 4.79. The van der Waals surface area contributed by atoms with Gasteiger partial charge in [0.1, 0.15) is 0 Å². The van der Waals surface area contributed by atoms with Gasteiger partial charge in [-0.15, -0.1) is 24.0 Å². The molecule has 1 aliphatic heterocycles. The average molecular weight is 459 g/mol. The highest BCUT2D eigenvalue weighted by atomic mass is 127. The van der Waals surface area contributed by atoms with Crippen molar-refractivity contribution in [2.24, 2.45) is 4.99 Å². The van der Waals surface area contributed by atoms with E-state index in [1.807, 2.05) is 0 Å². The number of hydrogen-bond donors (Lipinski definition) is 2. The molecule has 0 aromatic heterocycles. The van der Waals surface area contributed by atoms with E-state index >= 15 is 0 Å². The van der Waals surface area contributed by atoms with Crippen LogP contribution in [0.15, 0.2) is 35.3 Å². The highest BCUT2D eigenvalue weighted by Crippen LogP contribution is 2.15. The van der Waals surface area contributed by atoms with Gasteiger partial charge in [0.05, 0.1) is 6.54 Å². The summed E-state index contributed by atoms with van der Waals surface area (Å²) in [5, 5.41) is 6.92. The second-order valence-electron chi connectivity index (χ2n) is 7.22. The van der Waals surface area contributed by atoms with Crippen molar-refractivity contribution in [3.05, 3.63) is 30.3 Å². The van der Waals surface area contributed by atoms with Gasteiger partial charge in [-0.3, -0.25) is 4.99 Å². The molecular weight excluding hydrogens is 425 g/mol. The largest absolute Gasteiger partial charge is 0.368 e. The molecule has 142 valence electrons. The van der Waals surface area contributed by atoms with Crippen molar-refractivity contribution in [2.75, 3.05) is 50.7 Å². The Morgan fingerprint density at radius 1 is 1.08 bits per heavy atom. The van der Waals surface area contributed by atoms with Gasteiger partial charge >= 0.3 is 0 Å². The molecule has 25 heavy (non-hydrogen) atoms. The minimum absolute atomic E-state index is 0. The molecule has 6 heteroatoms. The van der Waals surface area contributed by atoms with Gasteiger partial charge in [-0.05, 0) is 39.8 Å². The number of halogens is 1. The smallest absolute Gasteiger partial charge is 0.194 e. The summed E-state index contributed by atoms with van der Waals surface area (Å²) >= 11 is 0. The number of aliphatic imine (C=N–C) groups is 1. The van der Waals surface area contributed by atoms with E-state index in [2.05, 4.69) is 78.5 Å². The zero-order valence-electron chi connectivity index (χ0n) is 16.1. The number of benzene rings is 1. The van der Waals surface area contributed by atoms with E-state index in [4.69, 9.17) is 4.99 Å². The van der Waals surface area contributed by atoms with Crippen LogP contribution in [-0.2, 0) is 0 Å². The monoisotopic (exact) mass is 459 g/mol. The summed E-state index contributed by atoms with van der Waals surface area (Å²) < 4.78 is 0. The zero-order chi connectivity index (χ0) is 17.4. The van der Waals surface area contributed by atoms with E-state index in [-0.39, 0.29) is 29.5 Å². The van der Waals surface area contributed by atoms with Crippen molar-refractivity contribution >= 4 is 35.6 Å². The number of piperazine rings is 1. The van der Waals surface area contributed by atoms with Crippen molar-refractivity contribution in [1.82, 2.24) is 15.5 Å². The van der Waals surface area contributed by atoms with E-state index in [9.17, 15) is 0 Å². The molecule has 2 N–H and O–H groups in total. The molecule has 1 saturated heterocycles. The molecule has 0 bridgehead atoms. The van der Waals surface area contributed by atoms with Crippen LogP contribution in [0.25, 0.3) is 0 Å². The van der Waals surface area contributed by atoms with Crippen LogP contribution in [-0.4, -0.2) is 62.2 Å². The van der Waals surface area contributed by atoms with E-state index in [1.165, 1.54) is 5.69 Å². The van der Waals surface area contributed by atoms with Crippen LogP contribution in [0.1, 0.15) is 27.7 Å². The van der Waals surface area contributed by atoms with E-state index in [0.717, 1.165) is 51.8 Å². The van der Waals surface area contributed by atoms with Gasteiger partial charge in [-0.2, -0.15) is 0 Å². The van der Waals surface area contributed by atoms with Gasteiger partial charge in [0.25, 0.3) is 0 Å². The minimum Gasteiger partial charge on any atom is -0.368 e. The van der Waals surface area contributed by atoms with Gasteiger partial charge in [-0.1, -0.05) is 18.2 Å². The van der Waals surface area contributed by atoms with Crippen LogP contribution >= 0.6 is 24.0 Å². The Labute approximate surface area is 170 Å². The molecule has 2 rings (SSSR count). The molecule has 1 heterocycles. The minimum atomic E-state index is 0.